The van der Waals surface area contributed by atoms with Gasteiger partial charge in [0.2, 0.25) is 0 Å². The summed E-state index contributed by atoms with van der Waals surface area (Å²) in [6.07, 6.45) is -4.40. The summed E-state index contributed by atoms with van der Waals surface area (Å²) < 4.78 is 62.7. The molecule has 0 spiro atoms. The van der Waals surface area contributed by atoms with Crippen molar-refractivity contribution in [1.82, 2.24) is 5.32 Å². The zero-order valence-electron chi connectivity index (χ0n) is 21.1. The Balaban J connectivity index is 1.96. The van der Waals surface area contributed by atoms with Gasteiger partial charge in [0.15, 0.2) is 11.5 Å². The van der Waals surface area contributed by atoms with E-state index < -0.39 is 29.6 Å². The molecule has 1 aliphatic rings. The number of alkyl halides is 3. The SMILES string of the molecule is COC(=O)C1=C(C)NC(C)=C(C(=O)OCCc2ccc(OC)c(OC)c2)[C@@H]1c1ccccc1C(F)(F)F. The van der Waals surface area contributed by atoms with E-state index in [1.54, 1.807) is 25.1 Å². The fourth-order valence-corrected chi connectivity index (χ4v) is 4.34. The number of halogens is 3. The van der Waals surface area contributed by atoms with Crippen LogP contribution >= 0.6 is 0 Å². The van der Waals surface area contributed by atoms with Gasteiger partial charge in [-0.2, -0.15) is 13.2 Å². The van der Waals surface area contributed by atoms with Crippen LogP contribution in [0.25, 0.3) is 0 Å². The average Bonchev–Trinajstić information content (AvgIpc) is 2.87. The van der Waals surface area contributed by atoms with Gasteiger partial charge >= 0.3 is 18.1 Å². The number of carbonyl (C=O) groups is 2. The summed E-state index contributed by atoms with van der Waals surface area (Å²) in [5.41, 5.74) is -0.0482. The van der Waals surface area contributed by atoms with E-state index in [0.717, 1.165) is 18.7 Å². The third kappa shape index (κ3) is 5.90. The Kier molecular flexibility index (Phi) is 8.52. The van der Waals surface area contributed by atoms with E-state index in [4.69, 9.17) is 18.9 Å². The molecule has 37 heavy (non-hydrogen) atoms. The Morgan fingerprint density at radius 1 is 0.892 bits per heavy atom. The van der Waals surface area contributed by atoms with E-state index in [9.17, 15) is 22.8 Å². The van der Waals surface area contributed by atoms with Gasteiger partial charge in [0.1, 0.15) is 0 Å². The molecule has 1 atom stereocenters. The molecule has 1 aliphatic heterocycles. The molecule has 1 heterocycles. The highest BCUT2D eigenvalue weighted by Crippen LogP contribution is 2.44. The van der Waals surface area contributed by atoms with Crippen molar-refractivity contribution in [2.75, 3.05) is 27.9 Å². The lowest BCUT2D eigenvalue weighted by atomic mass is 9.78. The first-order valence-electron chi connectivity index (χ1n) is 11.3. The monoisotopic (exact) mass is 519 g/mol. The van der Waals surface area contributed by atoms with Crippen molar-refractivity contribution in [1.29, 1.82) is 0 Å². The van der Waals surface area contributed by atoms with Gasteiger partial charge in [-0.05, 0) is 43.2 Å². The summed E-state index contributed by atoms with van der Waals surface area (Å²) in [5, 5.41) is 2.92. The van der Waals surface area contributed by atoms with Crippen molar-refractivity contribution < 1.29 is 41.7 Å². The molecule has 198 valence electrons. The van der Waals surface area contributed by atoms with Gasteiger partial charge in [-0.1, -0.05) is 24.3 Å². The Bertz CT molecular complexity index is 1250. The predicted octanol–water partition coefficient (Wildman–Crippen LogP) is 4.92. The lowest BCUT2D eigenvalue weighted by Gasteiger charge is -2.31. The van der Waals surface area contributed by atoms with Gasteiger partial charge in [0.25, 0.3) is 0 Å². The summed E-state index contributed by atoms with van der Waals surface area (Å²) in [5.74, 6) is -1.99. The van der Waals surface area contributed by atoms with Gasteiger partial charge in [0, 0.05) is 17.8 Å². The van der Waals surface area contributed by atoms with Crippen LogP contribution in [-0.4, -0.2) is 39.9 Å². The maximum absolute atomic E-state index is 13.9. The zero-order valence-corrected chi connectivity index (χ0v) is 21.1. The number of benzene rings is 2. The first kappa shape index (κ1) is 27.6. The van der Waals surface area contributed by atoms with Crippen molar-refractivity contribution in [3.05, 3.63) is 81.7 Å². The first-order chi connectivity index (χ1) is 17.5. The molecular weight excluding hydrogens is 491 g/mol. The molecule has 10 heteroatoms. The maximum Gasteiger partial charge on any atom is 0.416 e. The third-order valence-electron chi connectivity index (χ3n) is 6.03. The lowest BCUT2D eigenvalue weighted by molar-refractivity contribution is -0.141. The van der Waals surface area contributed by atoms with Crippen LogP contribution in [0.15, 0.2) is 65.0 Å². The second kappa shape index (κ2) is 11.4. The van der Waals surface area contributed by atoms with Crippen molar-refractivity contribution in [2.24, 2.45) is 0 Å². The second-order valence-corrected chi connectivity index (χ2v) is 8.29. The van der Waals surface area contributed by atoms with Crippen LogP contribution < -0.4 is 14.8 Å². The van der Waals surface area contributed by atoms with Crippen LogP contribution in [0.5, 0.6) is 11.5 Å². The van der Waals surface area contributed by atoms with Gasteiger partial charge in [-0.3, -0.25) is 0 Å². The molecule has 3 rings (SSSR count). The average molecular weight is 520 g/mol. The number of esters is 2. The summed E-state index contributed by atoms with van der Waals surface area (Å²) >= 11 is 0. The molecule has 0 aliphatic carbocycles. The number of nitrogens with one attached hydrogen (secondary N) is 1. The van der Waals surface area contributed by atoms with Gasteiger partial charge in [0.05, 0.1) is 50.6 Å². The summed E-state index contributed by atoms with van der Waals surface area (Å²) in [6, 6.07) is 10.1. The number of carbonyl (C=O) groups excluding carboxylic acids is 2. The van der Waals surface area contributed by atoms with Gasteiger partial charge in [-0.15, -0.1) is 0 Å². The highest BCUT2D eigenvalue weighted by Gasteiger charge is 2.43. The number of dihydropyridines is 1. The Morgan fingerprint density at radius 3 is 2.11 bits per heavy atom. The Labute approximate surface area is 212 Å². The molecule has 0 radical (unpaired) electrons. The molecule has 0 saturated carbocycles. The number of methoxy groups -OCH3 is 3. The molecule has 0 fully saturated rings. The molecule has 0 unspecified atom stereocenters. The third-order valence-corrected chi connectivity index (χ3v) is 6.03. The summed E-state index contributed by atoms with van der Waals surface area (Å²) in [6.45, 7) is 3.03. The van der Waals surface area contributed by atoms with E-state index in [2.05, 4.69) is 5.32 Å². The van der Waals surface area contributed by atoms with E-state index in [1.807, 2.05) is 0 Å². The van der Waals surface area contributed by atoms with Crippen LogP contribution in [0.1, 0.15) is 36.5 Å². The lowest BCUT2D eigenvalue weighted by Crippen LogP contribution is -2.33. The minimum atomic E-state index is -4.72. The standard InChI is InChI=1S/C27H28F3NO6/c1-15-22(25(32)36-5)24(18-8-6-7-9-19(18)27(28,29)30)23(16(2)31-15)26(33)37-13-12-17-10-11-20(34-3)21(14-17)35-4/h6-11,14,24,31H,12-13H2,1-5H3/t24-/m1/s1. The van der Waals surface area contributed by atoms with Crippen molar-refractivity contribution >= 4 is 11.9 Å². The molecule has 7 nitrogen and oxygen atoms in total. The number of ether oxygens (including phenoxy) is 4. The minimum Gasteiger partial charge on any atom is -0.493 e. The largest absolute Gasteiger partial charge is 0.493 e. The predicted molar refractivity (Wildman–Crippen MR) is 129 cm³/mol. The van der Waals surface area contributed by atoms with Gasteiger partial charge in [-0.25, -0.2) is 9.59 Å². The Morgan fingerprint density at radius 2 is 1.51 bits per heavy atom. The first-order valence-corrected chi connectivity index (χ1v) is 11.3. The number of rotatable bonds is 8. The van der Waals surface area contributed by atoms with E-state index in [1.165, 1.54) is 39.3 Å². The maximum atomic E-state index is 13.9. The minimum absolute atomic E-state index is 0.0605. The molecule has 2 aromatic carbocycles. The summed E-state index contributed by atoms with van der Waals surface area (Å²) in [7, 11) is 4.14. The van der Waals surface area contributed by atoms with Crippen LogP contribution in [0.3, 0.4) is 0 Å². The smallest absolute Gasteiger partial charge is 0.416 e. The van der Waals surface area contributed by atoms with Crippen molar-refractivity contribution in [3.63, 3.8) is 0 Å². The Hall–Kier alpha value is -3.95. The van der Waals surface area contributed by atoms with Crippen LogP contribution in [0.2, 0.25) is 0 Å². The van der Waals surface area contributed by atoms with Crippen molar-refractivity contribution in [2.45, 2.75) is 32.4 Å². The number of hydrogen-bond donors (Lipinski definition) is 1. The van der Waals surface area contributed by atoms with Crippen LogP contribution in [-0.2, 0) is 31.7 Å². The normalized spacial score (nSPS) is 15.7. The van der Waals surface area contributed by atoms with Crippen molar-refractivity contribution in [3.8, 4) is 11.5 Å². The molecule has 1 N–H and O–H groups in total. The molecule has 0 aromatic heterocycles. The highest BCUT2D eigenvalue weighted by atomic mass is 19.4. The number of allylic oxidation sites excluding steroid dienone is 2. The molecular formula is C27H28F3NO6. The fraction of sp³-hybridized carbons (Fsp3) is 0.333. The number of hydrogen-bond acceptors (Lipinski definition) is 7. The van der Waals surface area contributed by atoms with Crippen LogP contribution in [0, 0.1) is 0 Å². The second-order valence-electron chi connectivity index (χ2n) is 8.29. The van der Waals surface area contributed by atoms with Gasteiger partial charge < -0.3 is 24.3 Å². The highest BCUT2D eigenvalue weighted by molar-refractivity contribution is 6.00. The fourth-order valence-electron chi connectivity index (χ4n) is 4.34. The van der Waals surface area contributed by atoms with E-state index >= 15 is 0 Å². The topological polar surface area (TPSA) is 83.1 Å². The molecule has 0 amide bonds. The molecule has 0 bridgehead atoms. The zero-order chi connectivity index (χ0) is 27.3. The van der Waals surface area contributed by atoms with Crippen LogP contribution in [0.4, 0.5) is 13.2 Å². The van der Waals surface area contributed by atoms with E-state index in [0.29, 0.717) is 17.9 Å². The molecule has 2 aromatic rings. The quantitative estimate of drug-likeness (QED) is 0.496. The summed E-state index contributed by atoms with van der Waals surface area (Å²) in [4.78, 5) is 26.0. The van der Waals surface area contributed by atoms with E-state index in [-0.39, 0.29) is 34.7 Å². The molecule has 0 saturated heterocycles.